The van der Waals surface area contributed by atoms with Crippen LogP contribution in [0.2, 0.25) is 0 Å². The van der Waals surface area contributed by atoms with Crippen LogP contribution in [0.15, 0.2) is 47.6 Å². The normalized spacial score (nSPS) is 24.5. The SMILES string of the molecule is CC(C)CCN1[C@]2(CCN(c3ncccn3)C2)c2ccccc2S1(=O)=O. The Hall–Kier alpha value is -1.99. The molecule has 1 aromatic carbocycles. The Morgan fingerprint density at radius 2 is 1.88 bits per heavy atom. The molecule has 7 heteroatoms. The third kappa shape index (κ3) is 2.61. The van der Waals surface area contributed by atoms with Crippen LogP contribution in [0.5, 0.6) is 0 Å². The van der Waals surface area contributed by atoms with Crippen LogP contribution < -0.4 is 4.90 Å². The maximum atomic E-state index is 13.3. The molecule has 1 atom stereocenters. The summed E-state index contributed by atoms with van der Waals surface area (Å²) >= 11 is 0. The first-order valence-corrected chi connectivity index (χ1v) is 10.5. The molecular weight excluding hydrogens is 348 g/mol. The van der Waals surface area contributed by atoms with Gasteiger partial charge < -0.3 is 4.90 Å². The van der Waals surface area contributed by atoms with Crippen LogP contribution in [0.3, 0.4) is 0 Å². The van der Waals surface area contributed by atoms with E-state index in [1.165, 1.54) is 0 Å². The first-order chi connectivity index (χ1) is 12.4. The Morgan fingerprint density at radius 3 is 2.62 bits per heavy atom. The summed E-state index contributed by atoms with van der Waals surface area (Å²) in [4.78, 5) is 11.3. The van der Waals surface area contributed by atoms with E-state index in [-0.39, 0.29) is 0 Å². The number of hydrogen-bond acceptors (Lipinski definition) is 5. The highest BCUT2D eigenvalue weighted by Gasteiger charge is 2.56. The Labute approximate surface area is 154 Å². The van der Waals surface area contributed by atoms with Gasteiger partial charge in [0.05, 0.1) is 10.4 Å². The number of rotatable bonds is 4. The third-order valence-electron chi connectivity index (χ3n) is 5.43. The van der Waals surface area contributed by atoms with Gasteiger partial charge in [-0.1, -0.05) is 32.0 Å². The summed E-state index contributed by atoms with van der Waals surface area (Å²) in [6.45, 7) is 6.12. The highest BCUT2D eigenvalue weighted by molar-refractivity contribution is 7.89. The predicted octanol–water partition coefficient (Wildman–Crippen LogP) is 2.63. The fourth-order valence-corrected chi connectivity index (χ4v) is 6.19. The number of sulfonamides is 1. The number of nitrogens with zero attached hydrogens (tertiary/aromatic N) is 4. The van der Waals surface area contributed by atoms with Gasteiger partial charge in [0.2, 0.25) is 16.0 Å². The van der Waals surface area contributed by atoms with Crippen LogP contribution in [-0.2, 0) is 15.6 Å². The summed E-state index contributed by atoms with van der Waals surface area (Å²) in [5.41, 5.74) is 0.394. The summed E-state index contributed by atoms with van der Waals surface area (Å²) in [7, 11) is -3.47. The molecule has 2 aliphatic heterocycles. The van der Waals surface area contributed by atoms with Gasteiger partial charge in [-0.25, -0.2) is 18.4 Å². The maximum absolute atomic E-state index is 13.3. The Morgan fingerprint density at radius 1 is 1.15 bits per heavy atom. The Kier molecular flexibility index (Phi) is 4.23. The molecule has 3 heterocycles. The van der Waals surface area contributed by atoms with Crippen LogP contribution in [0.25, 0.3) is 0 Å². The minimum absolute atomic E-state index is 0.445. The second-order valence-electron chi connectivity index (χ2n) is 7.51. The van der Waals surface area contributed by atoms with Crippen LogP contribution in [0.1, 0.15) is 32.3 Å². The zero-order chi connectivity index (χ0) is 18.4. The lowest BCUT2D eigenvalue weighted by Crippen LogP contribution is -2.46. The standard InChI is InChI=1S/C19H24N4O2S/c1-15(2)8-12-23-19(16-6-3-4-7-17(16)26(23,24)25)9-13-22(14-19)18-20-10-5-11-21-18/h3-7,10-11,15H,8-9,12-14H2,1-2H3/t19-/m0/s1. The molecule has 1 fully saturated rings. The topological polar surface area (TPSA) is 66.4 Å². The van der Waals surface area contributed by atoms with Crippen LogP contribution in [-0.4, -0.2) is 42.3 Å². The minimum Gasteiger partial charge on any atom is -0.338 e. The molecule has 1 spiro atoms. The molecule has 0 aliphatic carbocycles. The van der Waals surface area contributed by atoms with Crippen molar-refractivity contribution in [1.82, 2.24) is 14.3 Å². The molecule has 26 heavy (non-hydrogen) atoms. The molecule has 4 rings (SSSR count). The summed E-state index contributed by atoms with van der Waals surface area (Å²) in [5, 5.41) is 0. The fourth-order valence-electron chi connectivity index (χ4n) is 4.11. The van der Waals surface area contributed by atoms with Gasteiger partial charge in [-0.15, -0.1) is 0 Å². The lowest BCUT2D eigenvalue weighted by atomic mass is 9.88. The smallest absolute Gasteiger partial charge is 0.244 e. The van der Waals surface area contributed by atoms with Crippen LogP contribution >= 0.6 is 0 Å². The minimum atomic E-state index is -3.47. The van der Waals surface area contributed by atoms with Crippen LogP contribution in [0.4, 0.5) is 5.95 Å². The third-order valence-corrected chi connectivity index (χ3v) is 7.45. The van der Waals surface area contributed by atoms with E-state index in [4.69, 9.17) is 0 Å². The van der Waals surface area contributed by atoms with Gasteiger partial charge in [0, 0.05) is 32.0 Å². The van der Waals surface area contributed by atoms with Crippen molar-refractivity contribution in [2.24, 2.45) is 5.92 Å². The lowest BCUT2D eigenvalue weighted by molar-refractivity contribution is 0.212. The molecule has 1 saturated heterocycles. The average molecular weight is 372 g/mol. The van der Waals surface area contributed by atoms with Crippen molar-refractivity contribution in [1.29, 1.82) is 0 Å². The molecule has 0 radical (unpaired) electrons. The van der Waals surface area contributed by atoms with Gasteiger partial charge in [0.25, 0.3) is 0 Å². The van der Waals surface area contributed by atoms with Crippen molar-refractivity contribution in [3.05, 3.63) is 48.3 Å². The first-order valence-electron chi connectivity index (χ1n) is 9.09. The Balaban J connectivity index is 1.77. The van der Waals surface area contributed by atoms with E-state index in [0.717, 1.165) is 24.9 Å². The average Bonchev–Trinajstić information content (AvgIpc) is 3.15. The zero-order valence-electron chi connectivity index (χ0n) is 15.2. The van der Waals surface area contributed by atoms with Crippen molar-refractivity contribution >= 4 is 16.0 Å². The summed E-state index contributed by atoms with van der Waals surface area (Å²) < 4.78 is 28.3. The molecule has 1 aromatic heterocycles. The van der Waals surface area contributed by atoms with Crippen LogP contribution in [0, 0.1) is 5.92 Å². The van der Waals surface area contributed by atoms with Crippen molar-refractivity contribution in [3.63, 3.8) is 0 Å². The molecule has 0 bridgehead atoms. The number of hydrogen-bond donors (Lipinski definition) is 0. The van der Waals surface area contributed by atoms with E-state index < -0.39 is 15.6 Å². The van der Waals surface area contributed by atoms with Gasteiger partial charge in [-0.3, -0.25) is 0 Å². The zero-order valence-corrected chi connectivity index (χ0v) is 16.0. The van der Waals surface area contributed by atoms with Crippen molar-refractivity contribution < 1.29 is 8.42 Å². The van der Waals surface area contributed by atoms with Crippen molar-refractivity contribution in [3.8, 4) is 0 Å². The van der Waals surface area contributed by atoms with E-state index in [1.54, 1.807) is 28.8 Å². The monoisotopic (exact) mass is 372 g/mol. The van der Waals surface area contributed by atoms with Crippen molar-refractivity contribution in [2.75, 3.05) is 24.5 Å². The number of benzene rings is 1. The molecule has 6 nitrogen and oxygen atoms in total. The van der Waals surface area contributed by atoms with E-state index in [9.17, 15) is 8.42 Å². The summed E-state index contributed by atoms with van der Waals surface area (Å²) in [6.07, 6.45) is 5.04. The van der Waals surface area contributed by atoms with E-state index >= 15 is 0 Å². The van der Waals surface area contributed by atoms with Gasteiger partial charge in [0.1, 0.15) is 0 Å². The largest absolute Gasteiger partial charge is 0.338 e. The molecular formula is C19H24N4O2S. The number of aromatic nitrogens is 2. The Bertz CT molecular complexity index is 901. The first kappa shape index (κ1) is 17.4. The molecule has 2 aliphatic rings. The van der Waals surface area contributed by atoms with Gasteiger partial charge in [-0.05, 0) is 36.5 Å². The van der Waals surface area contributed by atoms with Gasteiger partial charge >= 0.3 is 0 Å². The highest BCUT2D eigenvalue weighted by atomic mass is 32.2. The maximum Gasteiger partial charge on any atom is 0.244 e. The van der Waals surface area contributed by atoms with Gasteiger partial charge in [-0.2, -0.15) is 4.31 Å². The second kappa shape index (κ2) is 6.32. The molecule has 0 unspecified atom stereocenters. The number of anilines is 1. The van der Waals surface area contributed by atoms with Crippen molar-refractivity contribution in [2.45, 2.75) is 37.1 Å². The molecule has 2 aromatic rings. The van der Waals surface area contributed by atoms with E-state index in [1.807, 2.05) is 18.2 Å². The number of fused-ring (bicyclic) bond motifs is 2. The second-order valence-corrected chi connectivity index (χ2v) is 9.34. The molecule has 0 saturated carbocycles. The quantitative estimate of drug-likeness (QED) is 0.825. The summed E-state index contributed by atoms with van der Waals surface area (Å²) in [6, 6.07) is 9.24. The predicted molar refractivity (Wildman–Crippen MR) is 100 cm³/mol. The van der Waals surface area contributed by atoms with E-state index in [2.05, 4.69) is 28.7 Å². The molecule has 138 valence electrons. The summed E-state index contributed by atoms with van der Waals surface area (Å²) in [5.74, 6) is 1.11. The molecule has 0 amide bonds. The van der Waals surface area contributed by atoms with Gasteiger partial charge in [0.15, 0.2) is 0 Å². The van der Waals surface area contributed by atoms with E-state index in [0.29, 0.717) is 29.9 Å². The molecule has 0 N–H and O–H groups in total. The fraction of sp³-hybridized carbons (Fsp3) is 0.474. The lowest BCUT2D eigenvalue weighted by Gasteiger charge is -2.34. The highest BCUT2D eigenvalue weighted by Crippen LogP contribution is 2.49.